The Hall–Kier alpha value is -0.830. The first-order valence-electron chi connectivity index (χ1n) is 8.53. The highest BCUT2D eigenvalue weighted by molar-refractivity contribution is 7.59. The first kappa shape index (κ1) is 20.2. The predicted molar refractivity (Wildman–Crippen MR) is 99.8 cm³/mol. The molecule has 23 heavy (non-hydrogen) atoms. The third-order valence-electron chi connectivity index (χ3n) is 4.89. The molecule has 0 bridgehead atoms. The van der Waals surface area contributed by atoms with Crippen molar-refractivity contribution in [2.24, 2.45) is 0 Å². The Morgan fingerprint density at radius 2 is 1.83 bits per heavy atom. The number of hydrogen-bond donors (Lipinski definition) is 0. The van der Waals surface area contributed by atoms with E-state index in [0.29, 0.717) is 6.61 Å². The van der Waals surface area contributed by atoms with E-state index < -0.39 is 7.29 Å². The molecule has 0 amide bonds. The SMILES string of the molecule is CC[N+](CC)(CCOc1cccc(C)c1)CCN(C)P(C)(C)=O. The molecule has 0 N–H and O–H groups in total. The summed E-state index contributed by atoms with van der Waals surface area (Å²) in [6.45, 7) is 15.9. The summed E-state index contributed by atoms with van der Waals surface area (Å²) in [7, 11) is -0.189. The molecule has 4 nitrogen and oxygen atoms in total. The minimum absolute atomic E-state index is 0.713. The van der Waals surface area contributed by atoms with Crippen LogP contribution < -0.4 is 4.74 Å². The van der Waals surface area contributed by atoms with Crippen LogP contribution in [0.15, 0.2) is 24.3 Å². The van der Waals surface area contributed by atoms with Gasteiger partial charge in [-0.05, 0) is 45.5 Å². The van der Waals surface area contributed by atoms with Crippen molar-refractivity contribution in [1.82, 2.24) is 4.67 Å². The van der Waals surface area contributed by atoms with Crippen LogP contribution in [0.3, 0.4) is 0 Å². The smallest absolute Gasteiger partial charge is 0.144 e. The number of aryl methyl sites for hydroxylation is 1. The number of ether oxygens (including phenoxy) is 1. The van der Waals surface area contributed by atoms with E-state index in [2.05, 4.69) is 32.9 Å². The molecule has 0 spiro atoms. The fourth-order valence-corrected chi connectivity index (χ4v) is 3.20. The fourth-order valence-electron chi connectivity index (χ4n) is 2.63. The maximum absolute atomic E-state index is 12.1. The molecule has 0 heterocycles. The third kappa shape index (κ3) is 6.66. The van der Waals surface area contributed by atoms with Crippen LogP contribution in [0.25, 0.3) is 0 Å². The van der Waals surface area contributed by atoms with Crippen molar-refractivity contribution in [2.75, 3.05) is 59.7 Å². The van der Waals surface area contributed by atoms with Crippen molar-refractivity contribution in [1.29, 1.82) is 0 Å². The van der Waals surface area contributed by atoms with Gasteiger partial charge in [-0.2, -0.15) is 0 Å². The van der Waals surface area contributed by atoms with Gasteiger partial charge >= 0.3 is 0 Å². The molecule has 1 rings (SSSR count). The molecule has 0 aromatic heterocycles. The summed E-state index contributed by atoms with van der Waals surface area (Å²) < 4.78 is 21.1. The molecule has 0 radical (unpaired) electrons. The molecule has 0 aliphatic heterocycles. The Bertz CT molecular complexity index is 524. The minimum atomic E-state index is -2.15. The summed E-state index contributed by atoms with van der Waals surface area (Å²) >= 11 is 0. The number of benzene rings is 1. The average molecular weight is 341 g/mol. The van der Waals surface area contributed by atoms with Crippen LogP contribution in [0.2, 0.25) is 0 Å². The lowest BCUT2D eigenvalue weighted by molar-refractivity contribution is -0.924. The monoisotopic (exact) mass is 341 g/mol. The van der Waals surface area contributed by atoms with Crippen molar-refractivity contribution >= 4 is 7.29 Å². The van der Waals surface area contributed by atoms with Crippen molar-refractivity contribution in [3.63, 3.8) is 0 Å². The quantitative estimate of drug-likeness (QED) is 0.480. The summed E-state index contributed by atoms with van der Waals surface area (Å²) in [6.07, 6.45) is 0. The van der Waals surface area contributed by atoms with E-state index in [4.69, 9.17) is 4.74 Å². The first-order chi connectivity index (χ1) is 10.7. The Morgan fingerprint density at radius 1 is 1.17 bits per heavy atom. The normalized spacial score (nSPS) is 12.7. The first-order valence-corrected chi connectivity index (χ1v) is 11.1. The van der Waals surface area contributed by atoms with Gasteiger partial charge < -0.3 is 13.8 Å². The molecule has 0 atom stereocenters. The van der Waals surface area contributed by atoms with Gasteiger partial charge in [0.2, 0.25) is 0 Å². The van der Waals surface area contributed by atoms with Gasteiger partial charge in [0.15, 0.2) is 0 Å². The van der Waals surface area contributed by atoms with E-state index in [9.17, 15) is 4.57 Å². The zero-order chi connectivity index (χ0) is 17.5. The largest absolute Gasteiger partial charge is 0.488 e. The van der Waals surface area contributed by atoms with Crippen molar-refractivity contribution < 1.29 is 13.8 Å². The summed E-state index contributed by atoms with van der Waals surface area (Å²) in [5.74, 6) is 0.944. The lowest BCUT2D eigenvalue weighted by atomic mass is 10.2. The molecule has 0 aliphatic carbocycles. The highest BCUT2D eigenvalue weighted by Gasteiger charge is 2.25. The molecule has 0 unspecified atom stereocenters. The van der Waals surface area contributed by atoms with Gasteiger partial charge in [0.25, 0.3) is 0 Å². The Kier molecular flexibility index (Phi) is 7.79. The predicted octanol–water partition coefficient (Wildman–Crippen LogP) is 3.70. The molecule has 1 aromatic rings. The maximum Gasteiger partial charge on any atom is 0.144 e. The van der Waals surface area contributed by atoms with Gasteiger partial charge in [0, 0.05) is 13.3 Å². The molecule has 0 saturated heterocycles. The standard InChI is InChI=1S/C18H34N2O2P/c1-7-20(8-2,13-12-19(4)23(5,6)21)14-15-22-18-11-9-10-17(3)16-18/h9-11,16H,7-8,12-15H2,1-6H3/q+1. The van der Waals surface area contributed by atoms with Crippen molar-refractivity contribution in [3.8, 4) is 5.75 Å². The van der Waals surface area contributed by atoms with Crippen LogP contribution in [0.5, 0.6) is 5.75 Å². The lowest BCUT2D eigenvalue weighted by Gasteiger charge is -2.38. The number of nitrogens with zero attached hydrogens (tertiary/aromatic N) is 2. The van der Waals surface area contributed by atoms with Crippen LogP contribution in [0, 0.1) is 6.92 Å². The van der Waals surface area contributed by atoms with Crippen LogP contribution in [-0.2, 0) is 4.57 Å². The number of quaternary nitrogens is 1. The van der Waals surface area contributed by atoms with Crippen molar-refractivity contribution in [2.45, 2.75) is 20.8 Å². The molecule has 0 fully saturated rings. The summed E-state index contributed by atoms with van der Waals surface area (Å²) in [5.41, 5.74) is 1.22. The molecule has 0 saturated carbocycles. The Morgan fingerprint density at radius 3 is 2.35 bits per heavy atom. The van der Waals surface area contributed by atoms with Gasteiger partial charge in [-0.1, -0.05) is 12.1 Å². The Balaban J connectivity index is 2.57. The molecule has 1 aromatic carbocycles. The van der Waals surface area contributed by atoms with Crippen LogP contribution in [0.4, 0.5) is 0 Å². The summed E-state index contributed by atoms with van der Waals surface area (Å²) in [6, 6.07) is 8.19. The summed E-state index contributed by atoms with van der Waals surface area (Å²) in [5, 5.41) is 0. The third-order valence-corrected chi connectivity index (χ3v) is 6.73. The van der Waals surface area contributed by atoms with Gasteiger partial charge in [-0.3, -0.25) is 4.67 Å². The van der Waals surface area contributed by atoms with Gasteiger partial charge in [0.05, 0.1) is 26.2 Å². The molecule has 0 aliphatic rings. The molecular formula is C18H34N2O2P+. The fraction of sp³-hybridized carbons (Fsp3) is 0.667. The summed E-state index contributed by atoms with van der Waals surface area (Å²) in [4.78, 5) is 0. The van der Waals surface area contributed by atoms with E-state index >= 15 is 0 Å². The van der Waals surface area contributed by atoms with Gasteiger partial charge in [-0.15, -0.1) is 0 Å². The molecular weight excluding hydrogens is 307 g/mol. The highest BCUT2D eigenvalue weighted by Crippen LogP contribution is 2.39. The van der Waals surface area contributed by atoms with Gasteiger partial charge in [-0.25, -0.2) is 0 Å². The topological polar surface area (TPSA) is 29.5 Å². The Labute approximate surface area is 142 Å². The second kappa shape index (κ2) is 8.86. The van der Waals surface area contributed by atoms with Crippen LogP contribution in [0.1, 0.15) is 19.4 Å². The van der Waals surface area contributed by atoms with Crippen LogP contribution >= 0.6 is 7.29 Å². The van der Waals surface area contributed by atoms with E-state index in [1.165, 1.54) is 5.56 Å². The minimum Gasteiger partial charge on any atom is -0.488 e. The lowest BCUT2D eigenvalue weighted by Crippen LogP contribution is -2.53. The van der Waals surface area contributed by atoms with E-state index in [0.717, 1.165) is 43.0 Å². The van der Waals surface area contributed by atoms with Crippen molar-refractivity contribution in [3.05, 3.63) is 29.8 Å². The van der Waals surface area contributed by atoms with E-state index in [1.807, 2.05) is 37.2 Å². The zero-order valence-corrected chi connectivity index (χ0v) is 16.6. The zero-order valence-electron chi connectivity index (χ0n) is 15.7. The molecule has 132 valence electrons. The average Bonchev–Trinajstić information content (AvgIpc) is 2.50. The van der Waals surface area contributed by atoms with E-state index in [1.54, 1.807) is 0 Å². The molecule has 5 heteroatoms. The van der Waals surface area contributed by atoms with Gasteiger partial charge in [0.1, 0.15) is 26.2 Å². The highest BCUT2D eigenvalue weighted by atomic mass is 31.2. The maximum atomic E-state index is 12.1. The second-order valence-corrected chi connectivity index (χ2v) is 10.0. The van der Waals surface area contributed by atoms with E-state index in [-0.39, 0.29) is 0 Å². The number of rotatable bonds is 10. The second-order valence-electron chi connectivity index (χ2n) is 6.76. The number of likely N-dealkylation sites (N-methyl/N-ethyl adjacent to an activating group) is 2. The number of hydrogen-bond acceptors (Lipinski definition) is 2. The van der Waals surface area contributed by atoms with Crippen LogP contribution in [-0.4, -0.2) is 68.9 Å².